The van der Waals surface area contributed by atoms with E-state index in [2.05, 4.69) is 4.74 Å². The third-order valence-electron chi connectivity index (χ3n) is 2.91. The van der Waals surface area contributed by atoms with E-state index in [1.54, 1.807) is 0 Å². The van der Waals surface area contributed by atoms with E-state index >= 15 is 0 Å². The van der Waals surface area contributed by atoms with Gasteiger partial charge in [0.25, 0.3) is 0 Å². The number of ether oxygens (including phenoxy) is 1. The summed E-state index contributed by atoms with van der Waals surface area (Å²) in [6.45, 7) is 0. The van der Waals surface area contributed by atoms with Crippen LogP contribution in [0.25, 0.3) is 0 Å². The van der Waals surface area contributed by atoms with Crippen molar-refractivity contribution in [3.63, 3.8) is 0 Å². The van der Waals surface area contributed by atoms with Gasteiger partial charge in [0.05, 0.1) is 6.04 Å². The van der Waals surface area contributed by atoms with Crippen LogP contribution < -0.4 is 10.5 Å². The second-order valence-electron chi connectivity index (χ2n) is 4.39. The molecule has 0 amide bonds. The summed E-state index contributed by atoms with van der Waals surface area (Å²) in [6, 6.07) is 6.19. The van der Waals surface area contributed by atoms with Crippen molar-refractivity contribution in [1.82, 2.24) is 0 Å². The van der Waals surface area contributed by atoms with Gasteiger partial charge in [-0.25, -0.2) is 4.39 Å². The van der Waals surface area contributed by atoms with Crippen LogP contribution in [0.2, 0.25) is 5.02 Å². The first-order valence-corrected chi connectivity index (χ1v) is 6.35. The number of hydrogen-bond donors (Lipinski definition) is 2. The SMILES string of the molecule is N[C@H](c1ccc(OC(F)(F)F)cc1)c1ccc(F)c(Cl)c1O. The van der Waals surface area contributed by atoms with Gasteiger partial charge >= 0.3 is 6.36 Å². The Bertz CT molecular complexity index is 674. The molecule has 2 aromatic rings. The molecule has 0 radical (unpaired) electrons. The minimum Gasteiger partial charge on any atom is -0.506 e. The number of nitrogens with two attached hydrogens (primary N) is 1. The molecule has 118 valence electrons. The number of phenols is 1. The molecule has 0 spiro atoms. The molecule has 2 aromatic carbocycles. The van der Waals surface area contributed by atoms with Gasteiger partial charge in [0.1, 0.15) is 22.3 Å². The van der Waals surface area contributed by atoms with E-state index in [9.17, 15) is 22.7 Å². The lowest BCUT2D eigenvalue weighted by molar-refractivity contribution is -0.274. The molecule has 0 heterocycles. The van der Waals surface area contributed by atoms with Crippen molar-refractivity contribution in [3.8, 4) is 11.5 Å². The fraction of sp³-hybridized carbons (Fsp3) is 0.143. The van der Waals surface area contributed by atoms with Gasteiger partial charge in [-0.15, -0.1) is 13.2 Å². The van der Waals surface area contributed by atoms with Crippen molar-refractivity contribution in [1.29, 1.82) is 0 Å². The fourth-order valence-corrected chi connectivity index (χ4v) is 2.03. The van der Waals surface area contributed by atoms with Gasteiger partial charge < -0.3 is 15.6 Å². The highest BCUT2D eigenvalue weighted by Gasteiger charge is 2.31. The molecule has 0 bridgehead atoms. The van der Waals surface area contributed by atoms with E-state index in [0.29, 0.717) is 5.56 Å². The zero-order chi connectivity index (χ0) is 16.5. The normalized spacial score (nSPS) is 13.0. The van der Waals surface area contributed by atoms with Crippen LogP contribution in [0.5, 0.6) is 11.5 Å². The van der Waals surface area contributed by atoms with Crippen LogP contribution in [-0.4, -0.2) is 11.5 Å². The molecule has 3 N–H and O–H groups in total. The Labute approximate surface area is 127 Å². The van der Waals surface area contributed by atoms with E-state index in [0.717, 1.165) is 18.2 Å². The van der Waals surface area contributed by atoms with Gasteiger partial charge in [0.2, 0.25) is 0 Å². The van der Waals surface area contributed by atoms with Crippen LogP contribution >= 0.6 is 11.6 Å². The van der Waals surface area contributed by atoms with Gasteiger partial charge in [-0.2, -0.15) is 0 Å². The van der Waals surface area contributed by atoms with Gasteiger partial charge in [-0.1, -0.05) is 29.8 Å². The van der Waals surface area contributed by atoms with E-state index in [1.165, 1.54) is 18.2 Å². The minimum atomic E-state index is -4.79. The minimum absolute atomic E-state index is 0.149. The molecule has 0 aliphatic carbocycles. The number of rotatable bonds is 3. The largest absolute Gasteiger partial charge is 0.573 e. The zero-order valence-electron chi connectivity index (χ0n) is 10.9. The molecule has 8 heteroatoms. The van der Waals surface area contributed by atoms with Gasteiger partial charge in [-0.05, 0) is 23.8 Å². The summed E-state index contributed by atoms with van der Waals surface area (Å²) in [5.41, 5.74) is 6.45. The first kappa shape index (κ1) is 16.4. The van der Waals surface area contributed by atoms with Crippen molar-refractivity contribution < 1.29 is 27.4 Å². The third-order valence-corrected chi connectivity index (χ3v) is 3.27. The monoisotopic (exact) mass is 335 g/mol. The summed E-state index contributed by atoms with van der Waals surface area (Å²) in [5.74, 6) is -1.71. The maximum Gasteiger partial charge on any atom is 0.573 e. The summed E-state index contributed by atoms with van der Waals surface area (Å²) in [5, 5.41) is 9.32. The highest BCUT2D eigenvalue weighted by atomic mass is 35.5. The molecule has 3 nitrogen and oxygen atoms in total. The average Bonchev–Trinajstić information content (AvgIpc) is 2.43. The molecular weight excluding hydrogens is 326 g/mol. The molecule has 22 heavy (non-hydrogen) atoms. The Hall–Kier alpha value is -1.99. The van der Waals surface area contributed by atoms with Crippen molar-refractivity contribution >= 4 is 11.6 Å². The number of alkyl halides is 3. The van der Waals surface area contributed by atoms with Crippen molar-refractivity contribution in [2.24, 2.45) is 5.73 Å². The molecule has 0 saturated heterocycles. The Morgan fingerprint density at radius 2 is 1.68 bits per heavy atom. The molecular formula is C14H10ClF4NO2. The summed E-state index contributed by atoms with van der Waals surface area (Å²) >= 11 is 5.59. The molecule has 1 atom stereocenters. The molecule has 0 aliphatic rings. The fourth-order valence-electron chi connectivity index (χ4n) is 1.86. The topological polar surface area (TPSA) is 55.5 Å². The van der Waals surface area contributed by atoms with E-state index in [-0.39, 0.29) is 5.56 Å². The van der Waals surface area contributed by atoms with Crippen LogP contribution in [-0.2, 0) is 0 Å². The zero-order valence-corrected chi connectivity index (χ0v) is 11.6. The van der Waals surface area contributed by atoms with E-state index in [1.807, 2.05) is 0 Å². The van der Waals surface area contributed by atoms with Crippen molar-refractivity contribution in [3.05, 3.63) is 58.4 Å². The smallest absolute Gasteiger partial charge is 0.506 e. The Balaban J connectivity index is 2.27. The van der Waals surface area contributed by atoms with Gasteiger partial charge in [0, 0.05) is 5.56 Å². The lowest BCUT2D eigenvalue weighted by atomic mass is 9.98. The Morgan fingerprint density at radius 3 is 2.23 bits per heavy atom. The Morgan fingerprint density at radius 1 is 1.09 bits per heavy atom. The predicted octanol–water partition coefficient (Wildman–Crippen LogP) is 4.13. The number of phenolic OH excluding ortho intramolecular Hbond substituents is 1. The lowest BCUT2D eigenvalue weighted by Gasteiger charge is -2.16. The Kier molecular flexibility index (Phi) is 4.48. The lowest BCUT2D eigenvalue weighted by Crippen LogP contribution is -2.17. The second kappa shape index (κ2) is 6.02. The van der Waals surface area contributed by atoms with Crippen LogP contribution in [0, 0.1) is 5.82 Å². The van der Waals surface area contributed by atoms with Crippen molar-refractivity contribution in [2.45, 2.75) is 12.4 Å². The van der Waals surface area contributed by atoms with Crippen LogP contribution in [0.3, 0.4) is 0 Å². The summed E-state index contributed by atoms with van der Waals surface area (Å²) in [4.78, 5) is 0. The summed E-state index contributed by atoms with van der Waals surface area (Å²) in [6.07, 6.45) is -4.79. The van der Waals surface area contributed by atoms with Crippen molar-refractivity contribution in [2.75, 3.05) is 0 Å². The number of hydrogen-bond acceptors (Lipinski definition) is 3. The summed E-state index contributed by atoms with van der Waals surface area (Å²) in [7, 11) is 0. The predicted molar refractivity (Wildman–Crippen MR) is 72.2 cm³/mol. The first-order chi connectivity index (χ1) is 10.2. The molecule has 0 saturated carbocycles. The van der Waals surface area contributed by atoms with Crippen LogP contribution in [0.1, 0.15) is 17.2 Å². The van der Waals surface area contributed by atoms with Crippen LogP contribution in [0.15, 0.2) is 36.4 Å². The standard InChI is InChI=1S/C14H10ClF4NO2/c15-11-10(16)6-5-9(13(11)21)12(20)7-1-3-8(4-2-7)22-14(17,18)19/h1-6,12,21H,20H2/t12-/m1/s1. The maximum atomic E-state index is 13.2. The number of aromatic hydroxyl groups is 1. The molecule has 0 fully saturated rings. The quantitative estimate of drug-likeness (QED) is 0.829. The third kappa shape index (κ3) is 3.61. The summed E-state index contributed by atoms with van der Waals surface area (Å²) < 4.78 is 53.1. The highest BCUT2D eigenvalue weighted by molar-refractivity contribution is 6.32. The molecule has 0 aliphatic heterocycles. The average molecular weight is 336 g/mol. The number of halogens is 5. The van der Waals surface area contributed by atoms with Crippen LogP contribution in [0.4, 0.5) is 17.6 Å². The first-order valence-electron chi connectivity index (χ1n) is 5.97. The molecule has 0 unspecified atom stereocenters. The highest BCUT2D eigenvalue weighted by Crippen LogP contribution is 2.35. The van der Waals surface area contributed by atoms with E-state index < -0.39 is 34.7 Å². The van der Waals surface area contributed by atoms with E-state index in [4.69, 9.17) is 17.3 Å². The van der Waals surface area contributed by atoms with Gasteiger partial charge in [-0.3, -0.25) is 0 Å². The maximum absolute atomic E-state index is 13.2. The molecule has 2 rings (SSSR count). The van der Waals surface area contributed by atoms with Gasteiger partial charge in [0.15, 0.2) is 0 Å². The molecule has 0 aromatic heterocycles. The second-order valence-corrected chi connectivity index (χ2v) is 4.77. The number of benzene rings is 2.